The Morgan fingerprint density at radius 2 is 1.38 bits per heavy atom. The number of benzene rings is 1. The van der Waals surface area contributed by atoms with E-state index in [1.54, 1.807) is 18.2 Å². The largest absolute Gasteiger partial charge is 3.00 e. The quantitative estimate of drug-likeness (QED) is 0.285. The molecule has 7 heteroatoms. The predicted octanol–water partition coefficient (Wildman–Crippen LogP) is -7.77. The Morgan fingerprint density at radius 3 is 1.62 bits per heavy atom. The summed E-state index contributed by atoms with van der Waals surface area (Å²) in [5.41, 5.74) is 0.137. The van der Waals surface area contributed by atoms with E-state index in [1.165, 1.54) is 12.1 Å². The third-order valence-electron chi connectivity index (χ3n) is 0.967. The van der Waals surface area contributed by atoms with E-state index in [0.717, 1.165) is 0 Å². The molecule has 0 bridgehead atoms. The number of rotatable bonds is 1. The van der Waals surface area contributed by atoms with Gasteiger partial charge in [-0.1, -0.05) is 18.2 Å². The summed E-state index contributed by atoms with van der Waals surface area (Å²) in [6.07, 6.45) is 0. The fraction of sp³-hybridized carbons (Fsp3) is 0. The van der Waals surface area contributed by atoms with Crippen LogP contribution in [0.1, 0.15) is 0 Å². The normalized spacial score (nSPS) is 6.15. The number of nitro groups is 1. The molecule has 0 fully saturated rings. The SMILES string of the molecule is O=[N+]([O-])c1ccccc1.[Al+3].[Cl-].[Cl-].[Cl-]. The number of hydrogen-bond donors (Lipinski definition) is 0. The number of non-ortho nitro benzene ring substituents is 1. The van der Waals surface area contributed by atoms with E-state index < -0.39 is 4.92 Å². The first-order chi connectivity index (χ1) is 4.30. The summed E-state index contributed by atoms with van der Waals surface area (Å²) in [6.45, 7) is 0. The summed E-state index contributed by atoms with van der Waals surface area (Å²) in [4.78, 5) is 9.59. The molecule has 0 saturated carbocycles. The molecular weight excluding hydrogens is 251 g/mol. The number of hydrogen-bond acceptors (Lipinski definition) is 2. The van der Waals surface area contributed by atoms with Gasteiger partial charge in [0.1, 0.15) is 0 Å². The summed E-state index contributed by atoms with van der Waals surface area (Å²) >= 11 is 0. The first kappa shape index (κ1) is 23.1. The Balaban J connectivity index is -0.000000101. The molecule has 1 rings (SSSR count). The molecular formula is C6H5AlCl3NO2. The summed E-state index contributed by atoms with van der Waals surface area (Å²) < 4.78 is 0. The summed E-state index contributed by atoms with van der Waals surface area (Å²) in [5.74, 6) is 0. The van der Waals surface area contributed by atoms with Crippen LogP contribution in [-0.4, -0.2) is 22.3 Å². The fourth-order valence-corrected chi connectivity index (χ4v) is 0.550. The van der Waals surface area contributed by atoms with Gasteiger partial charge in [0.05, 0.1) is 4.92 Å². The summed E-state index contributed by atoms with van der Waals surface area (Å²) in [7, 11) is 0. The van der Waals surface area contributed by atoms with Gasteiger partial charge in [-0.25, -0.2) is 0 Å². The van der Waals surface area contributed by atoms with Gasteiger partial charge in [0.15, 0.2) is 0 Å². The van der Waals surface area contributed by atoms with Crippen molar-refractivity contribution in [2.24, 2.45) is 0 Å². The van der Waals surface area contributed by atoms with Crippen molar-refractivity contribution in [3.8, 4) is 0 Å². The molecule has 1 aromatic rings. The zero-order valence-electron chi connectivity index (χ0n) is 6.36. The molecule has 13 heavy (non-hydrogen) atoms. The number of para-hydroxylation sites is 1. The molecule has 0 radical (unpaired) electrons. The molecule has 0 aliphatic rings. The average molecular weight is 256 g/mol. The fourth-order valence-electron chi connectivity index (χ4n) is 0.550. The van der Waals surface area contributed by atoms with E-state index >= 15 is 0 Å². The second-order valence-electron chi connectivity index (χ2n) is 1.59. The van der Waals surface area contributed by atoms with E-state index in [4.69, 9.17) is 0 Å². The van der Waals surface area contributed by atoms with Crippen molar-refractivity contribution in [2.75, 3.05) is 0 Å². The maximum atomic E-state index is 10.0. The molecule has 0 heterocycles. The second-order valence-corrected chi connectivity index (χ2v) is 1.59. The number of nitro benzene ring substituents is 1. The molecule has 0 aromatic heterocycles. The first-order valence-electron chi connectivity index (χ1n) is 2.50. The van der Waals surface area contributed by atoms with Crippen LogP contribution in [0.5, 0.6) is 0 Å². The minimum atomic E-state index is -0.417. The van der Waals surface area contributed by atoms with Crippen molar-refractivity contribution in [3.05, 3.63) is 40.4 Å². The van der Waals surface area contributed by atoms with Crippen LogP contribution >= 0.6 is 0 Å². The molecule has 0 atom stereocenters. The molecule has 0 aliphatic heterocycles. The third kappa shape index (κ3) is 8.36. The van der Waals surface area contributed by atoms with E-state index in [9.17, 15) is 10.1 Å². The van der Waals surface area contributed by atoms with E-state index in [1.807, 2.05) is 0 Å². The average Bonchev–Trinajstić information content (AvgIpc) is 1.90. The van der Waals surface area contributed by atoms with E-state index in [0.29, 0.717) is 0 Å². The van der Waals surface area contributed by atoms with Crippen LogP contribution in [-0.2, 0) is 0 Å². The van der Waals surface area contributed by atoms with Crippen molar-refractivity contribution in [1.82, 2.24) is 0 Å². The van der Waals surface area contributed by atoms with Crippen LogP contribution in [0.15, 0.2) is 30.3 Å². The van der Waals surface area contributed by atoms with Gasteiger partial charge < -0.3 is 37.2 Å². The second kappa shape index (κ2) is 12.0. The zero-order chi connectivity index (χ0) is 6.69. The molecule has 0 spiro atoms. The Kier molecular flexibility index (Phi) is 21.4. The third-order valence-corrected chi connectivity index (χ3v) is 0.967. The molecule has 70 valence electrons. The van der Waals surface area contributed by atoms with E-state index in [-0.39, 0.29) is 60.3 Å². The van der Waals surface area contributed by atoms with Crippen LogP contribution in [0.2, 0.25) is 0 Å². The first-order valence-corrected chi connectivity index (χ1v) is 2.50. The number of nitrogens with zero attached hydrogens (tertiary/aromatic N) is 1. The summed E-state index contributed by atoms with van der Waals surface area (Å²) in [6, 6.07) is 7.93. The number of halogens is 3. The smallest absolute Gasteiger partial charge is 1.00 e. The van der Waals surface area contributed by atoms with E-state index in [2.05, 4.69) is 0 Å². The Hall–Kier alpha value is 0.0225. The molecule has 0 aliphatic carbocycles. The Morgan fingerprint density at radius 1 is 1.00 bits per heavy atom. The summed E-state index contributed by atoms with van der Waals surface area (Å²) in [5, 5.41) is 10.0. The van der Waals surface area contributed by atoms with Gasteiger partial charge in [-0.2, -0.15) is 0 Å². The van der Waals surface area contributed by atoms with Crippen LogP contribution in [0.3, 0.4) is 0 Å². The van der Waals surface area contributed by atoms with Gasteiger partial charge in [0.2, 0.25) is 0 Å². The maximum absolute atomic E-state index is 10.0. The van der Waals surface area contributed by atoms with Gasteiger partial charge in [-0.05, 0) is 0 Å². The van der Waals surface area contributed by atoms with Crippen LogP contribution in [0.4, 0.5) is 5.69 Å². The van der Waals surface area contributed by atoms with Crippen molar-refractivity contribution in [1.29, 1.82) is 0 Å². The molecule has 0 N–H and O–H groups in total. The maximum Gasteiger partial charge on any atom is 3.00 e. The molecule has 0 unspecified atom stereocenters. The molecule has 0 amide bonds. The standard InChI is InChI=1S/C6H5NO2.Al.3ClH/c8-7(9)6-4-2-1-3-5-6;;;;/h1-5H;;3*1H/q;+3;;;/p-3. The van der Waals surface area contributed by atoms with Gasteiger partial charge in [0, 0.05) is 12.1 Å². The van der Waals surface area contributed by atoms with Gasteiger partial charge in [-0.15, -0.1) is 0 Å². The van der Waals surface area contributed by atoms with Gasteiger partial charge >= 0.3 is 17.4 Å². The predicted molar refractivity (Wildman–Crippen MR) is 38.9 cm³/mol. The zero-order valence-corrected chi connectivity index (χ0v) is 9.78. The van der Waals surface area contributed by atoms with Crippen molar-refractivity contribution in [3.63, 3.8) is 0 Å². The topological polar surface area (TPSA) is 43.1 Å². The Labute approximate surface area is 105 Å². The monoisotopic (exact) mass is 255 g/mol. The van der Waals surface area contributed by atoms with Gasteiger partial charge in [0.25, 0.3) is 5.69 Å². The van der Waals surface area contributed by atoms with Crippen molar-refractivity contribution < 1.29 is 42.1 Å². The molecule has 0 saturated heterocycles. The van der Waals surface area contributed by atoms with Crippen molar-refractivity contribution >= 4 is 23.0 Å². The van der Waals surface area contributed by atoms with Gasteiger partial charge in [-0.3, -0.25) is 10.1 Å². The van der Waals surface area contributed by atoms with Crippen molar-refractivity contribution in [2.45, 2.75) is 0 Å². The van der Waals surface area contributed by atoms with Crippen LogP contribution in [0, 0.1) is 10.1 Å². The Bertz CT molecular complexity index is 222. The van der Waals surface area contributed by atoms with Crippen LogP contribution in [0.25, 0.3) is 0 Å². The molecule has 3 nitrogen and oxygen atoms in total. The van der Waals surface area contributed by atoms with Crippen LogP contribution < -0.4 is 37.2 Å². The minimum absolute atomic E-state index is 0. The minimum Gasteiger partial charge on any atom is -1.00 e. The molecule has 1 aromatic carbocycles.